The minimum absolute atomic E-state index is 0.0911. The molecule has 6 nitrogen and oxygen atoms in total. The fourth-order valence-corrected chi connectivity index (χ4v) is 3.26. The van der Waals surface area contributed by atoms with Gasteiger partial charge in [-0.05, 0) is 42.8 Å². The van der Waals surface area contributed by atoms with E-state index in [1.54, 1.807) is 31.4 Å². The number of ketones is 1. The Bertz CT molecular complexity index is 860. The summed E-state index contributed by atoms with van der Waals surface area (Å²) in [5.41, 5.74) is 6.90. The number of Topliss-reactive ketones (excluding diaryl/α,β-unsaturated/α-hetero) is 1. The van der Waals surface area contributed by atoms with Crippen LogP contribution in [-0.2, 0) is 9.59 Å². The van der Waals surface area contributed by atoms with Gasteiger partial charge in [-0.25, -0.2) is 0 Å². The lowest BCUT2D eigenvalue weighted by Gasteiger charge is -2.25. The van der Waals surface area contributed by atoms with Crippen LogP contribution in [0.15, 0.2) is 60.2 Å². The quantitative estimate of drug-likeness (QED) is 0.465. The van der Waals surface area contributed by atoms with Crippen molar-refractivity contribution in [3.63, 3.8) is 0 Å². The van der Waals surface area contributed by atoms with E-state index in [-0.39, 0.29) is 11.3 Å². The number of ether oxygens (including phenoxy) is 1. The Kier molecular flexibility index (Phi) is 5.57. The minimum Gasteiger partial charge on any atom is -0.507 e. The van der Waals surface area contributed by atoms with E-state index in [9.17, 15) is 14.7 Å². The Morgan fingerprint density at radius 1 is 1.11 bits per heavy atom. The summed E-state index contributed by atoms with van der Waals surface area (Å²) in [4.78, 5) is 26.8. The van der Waals surface area contributed by atoms with Gasteiger partial charge in [0.05, 0.1) is 18.7 Å². The zero-order valence-electron chi connectivity index (χ0n) is 15.1. The third-order valence-corrected chi connectivity index (χ3v) is 4.62. The maximum absolute atomic E-state index is 12.7. The van der Waals surface area contributed by atoms with E-state index in [1.165, 1.54) is 4.90 Å². The van der Waals surface area contributed by atoms with E-state index in [1.807, 2.05) is 30.3 Å². The molecule has 0 unspecified atom stereocenters. The van der Waals surface area contributed by atoms with E-state index >= 15 is 0 Å². The van der Waals surface area contributed by atoms with Crippen molar-refractivity contribution in [2.75, 3.05) is 20.2 Å². The van der Waals surface area contributed by atoms with E-state index in [0.29, 0.717) is 30.8 Å². The first kappa shape index (κ1) is 18.7. The standard InChI is InChI=1S/C21H22N2O4/c1-27-16-10-8-15(9-11-16)19(24)17-18(14-6-3-2-4-7-14)23(13-5-12-22)21(26)20(17)25/h2-4,6-11,18,24H,5,12-13,22H2,1H3/t18-/m1/s1. The molecule has 0 aliphatic carbocycles. The lowest BCUT2D eigenvalue weighted by atomic mass is 9.95. The van der Waals surface area contributed by atoms with Gasteiger partial charge in [-0.3, -0.25) is 9.59 Å². The van der Waals surface area contributed by atoms with Crippen LogP contribution in [0.1, 0.15) is 23.6 Å². The first-order chi connectivity index (χ1) is 13.1. The number of nitrogens with two attached hydrogens (primary N) is 1. The molecule has 1 saturated heterocycles. The number of carbonyl (C=O) groups is 2. The average Bonchev–Trinajstić information content (AvgIpc) is 2.97. The van der Waals surface area contributed by atoms with Crippen molar-refractivity contribution < 1.29 is 19.4 Å². The molecule has 1 aliphatic rings. The highest BCUT2D eigenvalue weighted by Crippen LogP contribution is 2.39. The van der Waals surface area contributed by atoms with Gasteiger partial charge < -0.3 is 20.5 Å². The van der Waals surface area contributed by atoms with Crippen molar-refractivity contribution in [1.29, 1.82) is 0 Å². The lowest BCUT2D eigenvalue weighted by Crippen LogP contribution is -2.31. The molecule has 0 saturated carbocycles. The fourth-order valence-electron chi connectivity index (χ4n) is 3.26. The predicted molar refractivity (Wildman–Crippen MR) is 102 cm³/mol. The Hall–Kier alpha value is -3.12. The van der Waals surface area contributed by atoms with E-state index in [4.69, 9.17) is 10.5 Å². The molecule has 6 heteroatoms. The summed E-state index contributed by atoms with van der Waals surface area (Å²) in [6.07, 6.45) is 0.568. The fraction of sp³-hybridized carbons (Fsp3) is 0.238. The predicted octanol–water partition coefficient (Wildman–Crippen LogP) is 2.47. The number of methoxy groups -OCH3 is 1. The van der Waals surface area contributed by atoms with Crippen LogP contribution in [0.4, 0.5) is 0 Å². The highest BCUT2D eigenvalue weighted by molar-refractivity contribution is 6.46. The van der Waals surface area contributed by atoms with Crippen molar-refractivity contribution in [3.8, 4) is 5.75 Å². The van der Waals surface area contributed by atoms with Gasteiger partial charge in [0.1, 0.15) is 11.5 Å². The molecule has 0 aromatic heterocycles. The van der Waals surface area contributed by atoms with Crippen LogP contribution in [0.2, 0.25) is 0 Å². The van der Waals surface area contributed by atoms with Gasteiger partial charge >= 0.3 is 0 Å². The Morgan fingerprint density at radius 2 is 1.78 bits per heavy atom. The maximum atomic E-state index is 12.7. The summed E-state index contributed by atoms with van der Waals surface area (Å²) in [6, 6.07) is 15.3. The summed E-state index contributed by atoms with van der Waals surface area (Å²) in [5, 5.41) is 10.9. The van der Waals surface area contributed by atoms with Gasteiger partial charge in [-0.1, -0.05) is 30.3 Å². The molecule has 0 spiro atoms. The van der Waals surface area contributed by atoms with Crippen LogP contribution in [-0.4, -0.2) is 41.9 Å². The number of benzene rings is 2. The molecule has 3 rings (SSSR count). The third-order valence-electron chi connectivity index (χ3n) is 4.62. The summed E-state index contributed by atoms with van der Waals surface area (Å²) in [5.74, 6) is -0.865. The zero-order chi connectivity index (χ0) is 19.4. The summed E-state index contributed by atoms with van der Waals surface area (Å²) in [7, 11) is 1.55. The number of hydrogen-bond donors (Lipinski definition) is 2. The number of carbonyl (C=O) groups excluding carboxylic acids is 2. The number of rotatable bonds is 6. The van der Waals surface area contributed by atoms with Crippen molar-refractivity contribution in [1.82, 2.24) is 4.90 Å². The van der Waals surface area contributed by atoms with E-state index < -0.39 is 17.7 Å². The molecular formula is C21H22N2O4. The number of likely N-dealkylation sites (tertiary alicyclic amines) is 1. The monoisotopic (exact) mass is 366 g/mol. The molecule has 2 aromatic rings. The first-order valence-corrected chi connectivity index (χ1v) is 8.76. The van der Waals surface area contributed by atoms with Crippen LogP contribution in [0.5, 0.6) is 5.75 Å². The van der Waals surface area contributed by atoms with E-state index in [0.717, 1.165) is 5.56 Å². The van der Waals surface area contributed by atoms with Gasteiger partial charge in [-0.2, -0.15) is 0 Å². The Labute approximate surface area is 157 Å². The molecule has 1 amide bonds. The van der Waals surface area contributed by atoms with Gasteiger partial charge in [0.25, 0.3) is 11.7 Å². The van der Waals surface area contributed by atoms with Gasteiger partial charge in [0.15, 0.2) is 0 Å². The third kappa shape index (κ3) is 3.57. The van der Waals surface area contributed by atoms with Gasteiger partial charge in [-0.15, -0.1) is 0 Å². The molecule has 2 aromatic carbocycles. The van der Waals surface area contributed by atoms with Crippen molar-refractivity contribution in [2.24, 2.45) is 5.73 Å². The molecule has 1 atom stereocenters. The number of nitrogens with zero attached hydrogens (tertiary/aromatic N) is 1. The molecule has 0 bridgehead atoms. The second kappa shape index (κ2) is 8.05. The SMILES string of the molecule is COc1ccc(C(O)=C2C(=O)C(=O)N(CCCN)[C@@H]2c2ccccc2)cc1. The van der Waals surface area contributed by atoms with Crippen LogP contribution in [0.25, 0.3) is 5.76 Å². The second-order valence-corrected chi connectivity index (χ2v) is 6.27. The average molecular weight is 366 g/mol. The Balaban J connectivity index is 2.11. The van der Waals surface area contributed by atoms with Crippen molar-refractivity contribution in [2.45, 2.75) is 12.5 Å². The normalized spacial score (nSPS) is 18.7. The molecule has 27 heavy (non-hydrogen) atoms. The smallest absolute Gasteiger partial charge is 0.295 e. The molecular weight excluding hydrogens is 344 g/mol. The van der Waals surface area contributed by atoms with Gasteiger partial charge in [0, 0.05) is 12.1 Å². The van der Waals surface area contributed by atoms with Gasteiger partial charge in [0.2, 0.25) is 0 Å². The zero-order valence-corrected chi connectivity index (χ0v) is 15.1. The number of aliphatic hydroxyl groups excluding tert-OH is 1. The first-order valence-electron chi connectivity index (χ1n) is 8.76. The largest absolute Gasteiger partial charge is 0.507 e. The highest BCUT2D eigenvalue weighted by atomic mass is 16.5. The molecule has 1 heterocycles. The minimum atomic E-state index is -0.686. The van der Waals surface area contributed by atoms with Crippen LogP contribution >= 0.6 is 0 Å². The number of amides is 1. The lowest BCUT2D eigenvalue weighted by molar-refractivity contribution is -0.139. The van der Waals surface area contributed by atoms with Crippen LogP contribution in [0.3, 0.4) is 0 Å². The van der Waals surface area contributed by atoms with Crippen LogP contribution < -0.4 is 10.5 Å². The second-order valence-electron chi connectivity index (χ2n) is 6.27. The summed E-state index contributed by atoms with van der Waals surface area (Å²) < 4.78 is 5.13. The summed E-state index contributed by atoms with van der Waals surface area (Å²) in [6.45, 7) is 0.753. The maximum Gasteiger partial charge on any atom is 0.295 e. The van der Waals surface area contributed by atoms with Crippen molar-refractivity contribution >= 4 is 17.4 Å². The molecule has 0 radical (unpaired) electrons. The highest BCUT2D eigenvalue weighted by Gasteiger charge is 2.45. The molecule has 140 valence electrons. The number of hydrogen-bond acceptors (Lipinski definition) is 5. The molecule has 1 aliphatic heterocycles. The Morgan fingerprint density at radius 3 is 2.37 bits per heavy atom. The summed E-state index contributed by atoms with van der Waals surface area (Å²) >= 11 is 0. The van der Waals surface area contributed by atoms with E-state index in [2.05, 4.69) is 0 Å². The van der Waals surface area contributed by atoms with Crippen LogP contribution in [0, 0.1) is 0 Å². The molecule has 3 N–H and O–H groups in total. The number of aliphatic hydroxyl groups is 1. The topological polar surface area (TPSA) is 92.9 Å². The van der Waals surface area contributed by atoms with Crippen molar-refractivity contribution in [3.05, 3.63) is 71.3 Å². The molecule has 1 fully saturated rings.